The van der Waals surface area contributed by atoms with E-state index in [1.165, 1.54) is 11.1 Å². The molecule has 0 bridgehead atoms. The number of benzene rings is 1. The second kappa shape index (κ2) is 9.50. The van der Waals surface area contributed by atoms with Crippen LogP contribution in [0.4, 0.5) is 5.69 Å². The zero-order chi connectivity index (χ0) is 15.9. The maximum Gasteiger partial charge on any atom is 0.193 e. The van der Waals surface area contributed by atoms with E-state index < -0.39 is 0 Å². The van der Waals surface area contributed by atoms with Gasteiger partial charge in [-0.1, -0.05) is 37.6 Å². The predicted octanol–water partition coefficient (Wildman–Crippen LogP) is 4.17. The molecule has 0 aliphatic carbocycles. The van der Waals surface area contributed by atoms with Gasteiger partial charge in [0.1, 0.15) is 0 Å². The summed E-state index contributed by atoms with van der Waals surface area (Å²) in [6.45, 7) is 7.09. The lowest BCUT2D eigenvalue weighted by Crippen LogP contribution is -2.24. The summed E-state index contributed by atoms with van der Waals surface area (Å²) >= 11 is 0. The van der Waals surface area contributed by atoms with Crippen molar-refractivity contribution in [1.29, 1.82) is 0 Å². The molecule has 0 radical (unpaired) electrons. The van der Waals surface area contributed by atoms with Gasteiger partial charge in [0, 0.05) is 30.5 Å². The number of hydrogen-bond donors (Lipinski definition) is 2. The summed E-state index contributed by atoms with van der Waals surface area (Å²) in [6, 6.07) is 12.1. The molecule has 1 unspecified atom stereocenters. The third kappa shape index (κ3) is 6.17. The Labute approximate surface area is 155 Å². The molecule has 0 saturated carbocycles. The van der Waals surface area contributed by atoms with E-state index in [0.29, 0.717) is 24.3 Å². The molecule has 5 heteroatoms. The molecule has 1 atom stereocenters. The lowest BCUT2D eigenvalue weighted by atomic mass is 9.89. The van der Waals surface area contributed by atoms with Crippen LogP contribution in [0.2, 0.25) is 0 Å². The van der Waals surface area contributed by atoms with Crippen molar-refractivity contribution >= 4 is 35.6 Å². The van der Waals surface area contributed by atoms with Crippen LogP contribution in [-0.4, -0.2) is 17.5 Å². The number of anilines is 1. The number of rotatable bonds is 5. The van der Waals surface area contributed by atoms with Gasteiger partial charge in [-0.05, 0) is 36.6 Å². The topological polar surface area (TPSA) is 63.3 Å². The zero-order valence-corrected chi connectivity index (χ0v) is 16.2. The van der Waals surface area contributed by atoms with Gasteiger partial charge < -0.3 is 11.1 Å². The van der Waals surface area contributed by atoms with Crippen LogP contribution in [0.15, 0.2) is 53.8 Å². The Hall–Kier alpha value is -1.63. The highest BCUT2D eigenvalue weighted by Gasteiger charge is 2.15. The number of aromatic nitrogens is 1. The van der Waals surface area contributed by atoms with Crippen molar-refractivity contribution in [2.45, 2.75) is 26.7 Å². The molecule has 3 N–H and O–H groups in total. The molecule has 1 heterocycles. The number of hydrogen-bond acceptors (Lipinski definition) is 2. The molecule has 1 aromatic carbocycles. The van der Waals surface area contributed by atoms with Gasteiger partial charge in [-0.15, -0.1) is 24.0 Å². The average Bonchev–Trinajstić information content (AvgIpc) is 2.50. The van der Waals surface area contributed by atoms with Gasteiger partial charge >= 0.3 is 0 Å². The minimum absolute atomic E-state index is 0. The van der Waals surface area contributed by atoms with Crippen molar-refractivity contribution in [2.75, 3.05) is 11.9 Å². The maximum atomic E-state index is 5.99. The second-order valence-corrected chi connectivity index (χ2v) is 5.85. The molecule has 4 nitrogen and oxygen atoms in total. The number of halogens is 1. The fourth-order valence-corrected chi connectivity index (χ4v) is 2.32. The number of pyridine rings is 1. The molecule has 2 rings (SSSR count). The summed E-state index contributed by atoms with van der Waals surface area (Å²) < 4.78 is 0. The highest BCUT2D eigenvalue weighted by Crippen LogP contribution is 2.23. The third-order valence-electron chi connectivity index (χ3n) is 3.70. The van der Waals surface area contributed by atoms with Crippen molar-refractivity contribution in [1.82, 2.24) is 4.98 Å². The molecule has 0 aliphatic rings. The van der Waals surface area contributed by atoms with Crippen LogP contribution in [0.25, 0.3) is 0 Å². The van der Waals surface area contributed by atoms with Gasteiger partial charge in [0.2, 0.25) is 0 Å². The van der Waals surface area contributed by atoms with E-state index in [-0.39, 0.29) is 24.0 Å². The number of nitrogens with two attached hydrogens (primary N) is 1. The van der Waals surface area contributed by atoms with Crippen LogP contribution in [0.5, 0.6) is 0 Å². The number of aryl methyl sites for hydroxylation is 1. The van der Waals surface area contributed by atoms with Gasteiger partial charge in [-0.25, -0.2) is 0 Å². The number of aliphatic imine (C=N–C) groups is 1. The Bertz CT molecular complexity index is 609. The number of nitrogens with zero attached hydrogens (tertiary/aromatic N) is 2. The van der Waals surface area contributed by atoms with Gasteiger partial charge in [-0.2, -0.15) is 0 Å². The van der Waals surface area contributed by atoms with Gasteiger partial charge in [0.15, 0.2) is 5.96 Å². The first-order valence-electron chi connectivity index (χ1n) is 7.60. The Balaban J connectivity index is 0.00000264. The Morgan fingerprint density at radius 2 is 1.91 bits per heavy atom. The molecule has 23 heavy (non-hydrogen) atoms. The molecule has 0 aliphatic heterocycles. The second-order valence-electron chi connectivity index (χ2n) is 5.85. The minimum atomic E-state index is 0. The summed E-state index contributed by atoms with van der Waals surface area (Å²) in [6.07, 6.45) is 3.70. The molecule has 1 aromatic heterocycles. The first-order valence-corrected chi connectivity index (χ1v) is 7.60. The summed E-state index contributed by atoms with van der Waals surface area (Å²) in [7, 11) is 0. The highest BCUT2D eigenvalue weighted by atomic mass is 127. The highest BCUT2D eigenvalue weighted by molar-refractivity contribution is 14.0. The van der Waals surface area contributed by atoms with E-state index >= 15 is 0 Å². The van der Waals surface area contributed by atoms with Crippen LogP contribution < -0.4 is 11.1 Å². The molecular weight excluding hydrogens is 399 g/mol. The largest absolute Gasteiger partial charge is 0.370 e. The first kappa shape index (κ1) is 19.4. The Morgan fingerprint density at radius 3 is 2.48 bits per heavy atom. The monoisotopic (exact) mass is 424 g/mol. The van der Waals surface area contributed by atoms with Gasteiger partial charge in [0.05, 0.1) is 0 Å². The smallest absolute Gasteiger partial charge is 0.193 e. The molecule has 0 fully saturated rings. The summed E-state index contributed by atoms with van der Waals surface area (Å²) in [4.78, 5) is 8.69. The summed E-state index contributed by atoms with van der Waals surface area (Å²) in [5.74, 6) is 1.23. The molecule has 0 saturated heterocycles. The molecule has 2 aromatic rings. The third-order valence-corrected chi connectivity index (χ3v) is 3.70. The summed E-state index contributed by atoms with van der Waals surface area (Å²) in [5.41, 5.74) is 9.37. The van der Waals surface area contributed by atoms with Crippen molar-refractivity contribution in [3.8, 4) is 0 Å². The predicted molar refractivity (Wildman–Crippen MR) is 109 cm³/mol. The lowest BCUT2D eigenvalue weighted by Gasteiger charge is -2.19. The van der Waals surface area contributed by atoms with E-state index in [2.05, 4.69) is 42.1 Å². The Morgan fingerprint density at radius 1 is 1.22 bits per heavy atom. The van der Waals surface area contributed by atoms with Crippen LogP contribution >= 0.6 is 24.0 Å². The molecule has 124 valence electrons. The van der Waals surface area contributed by atoms with Crippen LogP contribution in [0.1, 0.15) is 30.9 Å². The fourth-order valence-electron chi connectivity index (χ4n) is 2.32. The Kier molecular flexibility index (Phi) is 8.02. The zero-order valence-electron chi connectivity index (χ0n) is 13.9. The van der Waals surface area contributed by atoms with Crippen LogP contribution in [0, 0.1) is 12.8 Å². The molecular formula is C18H25IN4. The maximum absolute atomic E-state index is 5.99. The fraction of sp³-hybridized carbons (Fsp3) is 0.333. The SMILES string of the molecule is Cc1ccc(NC(N)=NCC(c2cccnc2)C(C)C)cc1.I. The van der Waals surface area contributed by atoms with Gasteiger partial charge in [-0.3, -0.25) is 9.98 Å². The van der Waals surface area contributed by atoms with E-state index in [4.69, 9.17) is 5.73 Å². The van der Waals surface area contributed by atoms with E-state index in [9.17, 15) is 0 Å². The van der Waals surface area contributed by atoms with Gasteiger partial charge in [0.25, 0.3) is 0 Å². The normalized spacial score (nSPS) is 12.6. The average molecular weight is 424 g/mol. The quantitative estimate of drug-likeness (QED) is 0.430. The number of nitrogens with one attached hydrogen (secondary N) is 1. The summed E-state index contributed by atoms with van der Waals surface area (Å²) in [5, 5.41) is 3.13. The van der Waals surface area contributed by atoms with Crippen molar-refractivity contribution in [2.24, 2.45) is 16.6 Å². The minimum Gasteiger partial charge on any atom is -0.370 e. The van der Waals surface area contributed by atoms with Crippen LogP contribution in [-0.2, 0) is 0 Å². The number of guanidine groups is 1. The van der Waals surface area contributed by atoms with E-state index in [1.807, 2.05) is 36.5 Å². The standard InChI is InChI=1S/C18H24N4.HI/c1-13(2)17(15-5-4-10-20-11-15)12-21-18(19)22-16-8-6-14(3)7-9-16;/h4-11,13,17H,12H2,1-3H3,(H3,19,21,22);1H. The van der Waals surface area contributed by atoms with Crippen molar-refractivity contribution < 1.29 is 0 Å². The lowest BCUT2D eigenvalue weighted by molar-refractivity contribution is 0.506. The molecule has 0 amide bonds. The van der Waals surface area contributed by atoms with Crippen molar-refractivity contribution in [3.05, 3.63) is 59.9 Å². The van der Waals surface area contributed by atoms with E-state index in [1.54, 1.807) is 6.20 Å². The first-order chi connectivity index (χ1) is 10.6. The van der Waals surface area contributed by atoms with Crippen molar-refractivity contribution in [3.63, 3.8) is 0 Å². The van der Waals surface area contributed by atoms with Crippen LogP contribution in [0.3, 0.4) is 0 Å². The van der Waals surface area contributed by atoms with E-state index in [0.717, 1.165) is 5.69 Å². The molecule has 0 spiro atoms.